The van der Waals surface area contributed by atoms with Crippen molar-refractivity contribution in [1.82, 2.24) is 5.32 Å². The maximum Gasteiger partial charge on any atom is 0.0136 e. The van der Waals surface area contributed by atoms with Gasteiger partial charge in [-0.05, 0) is 19.9 Å². The minimum atomic E-state index is 0.291. The average Bonchev–Trinajstić information content (AvgIpc) is 2.15. The molecule has 0 spiro atoms. The lowest BCUT2D eigenvalue weighted by Crippen LogP contribution is -2.31. The highest BCUT2D eigenvalue weighted by atomic mass is 14.9. The molecule has 1 unspecified atom stereocenters. The first kappa shape index (κ1) is 13.9. The van der Waals surface area contributed by atoms with E-state index in [0.29, 0.717) is 6.04 Å². The minimum Gasteiger partial charge on any atom is -0.327 e. The fraction of sp³-hybridized carbons (Fsp3) is 1.00. The molecule has 3 N–H and O–H groups in total. The standard InChI is InChI=1S/C12H28N2/c1-3-4-5-6-7-8-9-10-14-11-12(2)13/h12,14H,3-11,13H2,1-2H3. The van der Waals surface area contributed by atoms with E-state index in [1.54, 1.807) is 0 Å². The third-order valence-corrected chi connectivity index (χ3v) is 2.42. The van der Waals surface area contributed by atoms with E-state index < -0.39 is 0 Å². The van der Waals surface area contributed by atoms with Crippen LogP contribution in [0.2, 0.25) is 0 Å². The zero-order valence-electron chi connectivity index (χ0n) is 10.0. The summed E-state index contributed by atoms with van der Waals surface area (Å²) in [5.74, 6) is 0. The molecule has 0 aliphatic heterocycles. The predicted molar refractivity (Wildman–Crippen MR) is 64.5 cm³/mol. The highest BCUT2D eigenvalue weighted by Gasteiger charge is 1.93. The van der Waals surface area contributed by atoms with E-state index in [0.717, 1.165) is 13.1 Å². The summed E-state index contributed by atoms with van der Waals surface area (Å²) >= 11 is 0. The van der Waals surface area contributed by atoms with Crippen molar-refractivity contribution in [3.8, 4) is 0 Å². The first-order chi connectivity index (χ1) is 6.77. The molecule has 0 amide bonds. The summed E-state index contributed by atoms with van der Waals surface area (Å²) in [6, 6.07) is 0.291. The third kappa shape index (κ3) is 11.9. The first-order valence-electron chi connectivity index (χ1n) is 6.23. The molecule has 0 rings (SSSR count). The molecule has 14 heavy (non-hydrogen) atoms. The van der Waals surface area contributed by atoms with Gasteiger partial charge in [0.15, 0.2) is 0 Å². The zero-order chi connectivity index (χ0) is 10.6. The second-order valence-corrected chi connectivity index (χ2v) is 4.30. The van der Waals surface area contributed by atoms with Crippen molar-refractivity contribution < 1.29 is 0 Å². The molecule has 0 saturated carbocycles. The van der Waals surface area contributed by atoms with E-state index in [-0.39, 0.29) is 0 Å². The Morgan fingerprint density at radius 2 is 1.57 bits per heavy atom. The van der Waals surface area contributed by atoms with Crippen LogP contribution in [-0.4, -0.2) is 19.1 Å². The normalized spacial score (nSPS) is 13.1. The molecule has 0 aliphatic rings. The lowest BCUT2D eigenvalue weighted by molar-refractivity contribution is 0.546. The largest absolute Gasteiger partial charge is 0.327 e. The van der Waals surface area contributed by atoms with Crippen LogP contribution in [0.4, 0.5) is 0 Å². The van der Waals surface area contributed by atoms with Gasteiger partial charge < -0.3 is 11.1 Å². The van der Waals surface area contributed by atoms with Crippen molar-refractivity contribution in [2.24, 2.45) is 5.73 Å². The van der Waals surface area contributed by atoms with Crippen LogP contribution in [0, 0.1) is 0 Å². The van der Waals surface area contributed by atoms with Gasteiger partial charge in [-0.1, -0.05) is 45.4 Å². The van der Waals surface area contributed by atoms with Crippen LogP contribution in [0.5, 0.6) is 0 Å². The summed E-state index contributed by atoms with van der Waals surface area (Å²) in [5.41, 5.74) is 5.63. The van der Waals surface area contributed by atoms with Gasteiger partial charge in [-0.2, -0.15) is 0 Å². The summed E-state index contributed by atoms with van der Waals surface area (Å²) in [6.45, 7) is 6.39. The zero-order valence-corrected chi connectivity index (χ0v) is 10.0. The second kappa shape index (κ2) is 11.0. The maximum atomic E-state index is 5.63. The summed E-state index contributed by atoms with van der Waals surface area (Å²) in [4.78, 5) is 0. The number of unbranched alkanes of at least 4 members (excludes halogenated alkanes) is 6. The molecule has 0 bridgehead atoms. The van der Waals surface area contributed by atoms with Gasteiger partial charge >= 0.3 is 0 Å². The molecule has 2 heteroatoms. The van der Waals surface area contributed by atoms with Crippen molar-refractivity contribution in [2.75, 3.05) is 13.1 Å². The molecular weight excluding hydrogens is 172 g/mol. The van der Waals surface area contributed by atoms with Crippen molar-refractivity contribution in [1.29, 1.82) is 0 Å². The molecular formula is C12H28N2. The molecule has 0 aliphatic carbocycles. The number of hydrogen-bond acceptors (Lipinski definition) is 2. The molecule has 2 nitrogen and oxygen atoms in total. The smallest absolute Gasteiger partial charge is 0.0136 e. The van der Waals surface area contributed by atoms with Crippen LogP contribution in [0.15, 0.2) is 0 Å². The Bertz CT molecular complexity index is 102. The molecule has 0 aromatic heterocycles. The summed E-state index contributed by atoms with van der Waals surface area (Å²) in [7, 11) is 0. The quantitative estimate of drug-likeness (QED) is 0.532. The first-order valence-corrected chi connectivity index (χ1v) is 6.23. The van der Waals surface area contributed by atoms with Crippen LogP contribution in [0.3, 0.4) is 0 Å². The molecule has 0 heterocycles. The topological polar surface area (TPSA) is 38.0 Å². The Balaban J connectivity index is 2.85. The van der Waals surface area contributed by atoms with E-state index in [2.05, 4.69) is 12.2 Å². The van der Waals surface area contributed by atoms with Gasteiger partial charge in [-0.3, -0.25) is 0 Å². The van der Waals surface area contributed by atoms with E-state index in [1.165, 1.54) is 44.9 Å². The van der Waals surface area contributed by atoms with Crippen molar-refractivity contribution in [3.05, 3.63) is 0 Å². The highest BCUT2D eigenvalue weighted by molar-refractivity contribution is 4.57. The average molecular weight is 200 g/mol. The number of nitrogens with one attached hydrogen (secondary N) is 1. The van der Waals surface area contributed by atoms with E-state index in [1.807, 2.05) is 6.92 Å². The Hall–Kier alpha value is -0.0800. The van der Waals surface area contributed by atoms with Gasteiger partial charge in [0.2, 0.25) is 0 Å². The molecule has 0 fully saturated rings. The van der Waals surface area contributed by atoms with E-state index in [4.69, 9.17) is 5.73 Å². The van der Waals surface area contributed by atoms with Gasteiger partial charge in [0.1, 0.15) is 0 Å². The van der Waals surface area contributed by atoms with Crippen molar-refractivity contribution >= 4 is 0 Å². The summed E-state index contributed by atoms with van der Waals surface area (Å²) in [5, 5.41) is 3.36. The van der Waals surface area contributed by atoms with Gasteiger partial charge in [0.25, 0.3) is 0 Å². The molecule has 0 radical (unpaired) electrons. The van der Waals surface area contributed by atoms with Crippen LogP contribution in [0.1, 0.15) is 58.8 Å². The number of rotatable bonds is 10. The van der Waals surface area contributed by atoms with Crippen LogP contribution < -0.4 is 11.1 Å². The minimum absolute atomic E-state index is 0.291. The predicted octanol–water partition coefficient (Wildman–Crippen LogP) is 2.67. The van der Waals surface area contributed by atoms with Gasteiger partial charge in [-0.25, -0.2) is 0 Å². The molecule has 0 saturated heterocycles. The molecule has 1 atom stereocenters. The van der Waals surface area contributed by atoms with Gasteiger partial charge in [0, 0.05) is 12.6 Å². The second-order valence-electron chi connectivity index (χ2n) is 4.30. The van der Waals surface area contributed by atoms with Gasteiger partial charge in [-0.15, -0.1) is 0 Å². The fourth-order valence-corrected chi connectivity index (χ4v) is 1.54. The Morgan fingerprint density at radius 3 is 2.14 bits per heavy atom. The van der Waals surface area contributed by atoms with E-state index in [9.17, 15) is 0 Å². The lowest BCUT2D eigenvalue weighted by atomic mass is 10.1. The highest BCUT2D eigenvalue weighted by Crippen LogP contribution is 2.06. The van der Waals surface area contributed by atoms with Crippen molar-refractivity contribution in [3.63, 3.8) is 0 Å². The lowest BCUT2D eigenvalue weighted by Gasteiger charge is -2.06. The van der Waals surface area contributed by atoms with E-state index >= 15 is 0 Å². The SMILES string of the molecule is CCCCCCCCCNCC(C)N. The van der Waals surface area contributed by atoms with Gasteiger partial charge in [0.05, 0.1) is 0 Å². The maximum absolute atomic E-state index is 5.63. The Morgan fingerprint density at radius 1 is 1.00 bits per heavy atom. The molecule has 0 aromatic carbocycles. The fourth-order valence-electron chi connectivity index (χ4n) is 1.54. The third-order valence-electron chi connectivity index (χ3n) is 2.42. The van der Waals surface area contributed by atoms with Crippen LogP contribution in [-0.2, 0) is 0 Å². The summed E-state index contributed by atoms with van der Waals surface area (Å²) < 4.78 is 0. The van der Waals surface area contributed by atoms with Crippen LogP contribution in [0.25, 0.3) is 0 Å². The summed E-state index contributed by atoms with van der Waals surface area (Å²) in [6.07, 6.45) is 9.66. The monoisotopic (exact) mass is 200 g/mol. The number of nitrogens with two attached hydrogens (primary N) is 1. The Kier molecular flexibility index (Phi) is 10.9. The molecule has 86 valence electrons. The number of hydrogen-bond donors (Lipinski definition) is 2. The molecule has 0 aromatic rings. The van der Waals surface area contributed by atoms with Crippen molar-refractivity contribution in [2.45, 2.75) is 64.8 Å². The van der Waals surface area contributed by atoms with Crippen LogP contribution >= 0.6 is 0 Å². The Labute approximate surface area is 89.6 Å².